The summed E-state index contributed by atoms with van der Waals surface area (Å²) in [6.07, 6.45) is -2.06. The van der Waals surface area contributed by atoms with Gasteiger partial charge in [-0.2, -0.15) is 13.2 Å². The molecule has 0 bridgehead atoms. The Kier molecular flexibility index (Phi) is 5.88. The molecule has 0 unspecified atom stereocenters. The molecule has 0 radical (unpaired) electrons. The molecule has 2 aromatic rings. The van der Waals surface area contributed by atoms with E-state index in [0.29, 0.717) is 12.0 Å². The van der Waals surface area contributed by atoms with Crippen LogP contribution in [0.15, 0.2) is 41.4 Å². The molecule has 0 fully saturated rings. The Morgan fingerprint density at radius 1 is 1.08 bits per heavy atom. The number of alkyl halides is 3. The summed E-state index contributed by atoms with van der Waals surface area (Å²) < 4.78 is 38.6. The molecule has 0 heterocycles. The number of aryl methyl sites for hydroxylation is 2. The fourth-order valence-electron chi connectivity index (χ4n) is 2.51. The molecule has 0 aromatic heterocycles. The standard InChI is InChI=1S/C20H23F3N2/c1-5-25(4)13-24-19-10-14(2)17(9-15(19)3)11-16-7-6-8-18(12-16)20(21,22)23/h6-10,12-13H,5,11H2,1-4H3. The van der Waals surface area contributed by atoms with Crippen molar-refractivity contribution in [3.63, 3.8) is 0 Å². The summed E-state index contributed by atoms with van der Waals surface area (Å²) >= 11 is 0. The van der Waals surface area contributed by atoms with Crippen molar-refractivity contribution in [3.05, 3.63) is 64.2 Å². The molecule has 134 valence electrons. The summed E-state index contributed by atoms with van der Waals surface area (Å²) in [6, 6.07) is 9.50. The second-order valence-electron chi connectivity index (χ2n) is 6.26. The second-order valence-corrected chi connectivity index (χ2v) is 6.26. The van der Waals surface area contributed by atoms with Gasteiger partial charge in [-0.05, 0) is 61.6 Å². The second kappa shape index (κ2) is 7.72. The fraction of sp³-hybridized carbons (Fsp3) is 0.350. The molecule has 2 rings (SSSR count). The van der Waals surface area contributed by atoms with Crippen molar-refractivity contribution in [2.75, 3.05) is 13.6 Å². The molecule has 0 aliphatic rings. The maximum absolute atomic E-state index is 12.9. The van der Waals surface area contributed by atoms with Crippen molar-refractivity contribution in [2.24, 2.45) is 4.99 Å². The monoisotopic (exact) mass is 348 g/mol. The third kappa shape index (κ3) is 5.08. The number of aliphatic imine (C=N–C) groups is 1. The largest absolute Gasteiger partial charge is 0.416 e. The molecular formula is C20H23F3N2. The highest BCUT2D eigenvalue weighted by atomic mass is 19.4. The van der Waals surface area contributed by atoms with Crippen LogP contribution < -0.4 is 0 Å². The van der Waals surface area contributed by atoms with Gasteiger partial charge in [0.15, 0.2) is 0 Å². The van der Waals surface area contributed by atoms with Crippen molar-refractivity contribution in [1.29, 1.82) is 0 Å². The predicted octanol–water partition coefficient (Wildman–Crippen LogP) is 5.52. The van der Waals surface area contributed by atoms with Crippen molar-refractivity contribution in [1.82, 2.24) is 4.90 Å². The molecule has 5 heteroatoms. The molecule has 0 amide bonds. The third-order valence-corrected chi connectivity index (χ3v) is 4.20. The predicted molar refractivity (Wildman–Crippen MR) is 96.6 cm³/mol. The highest BCUT2D eigenvalue weighted by molar-refractivity contribution is 5.64. The maximum atomic E-state index is 12.9. The Hall–Kier alpha value is -2.30. The van der Waals surface area contributed by atoms with E-state index in [2.05, 4.69) is 4.99 Å². The van der Waals surface area contributed by atoms with E-state index < -0.39 is 11.7 Å². The van der Waals surface area contributed by atoms with Gasteiger partial charge in [0, 0.05) is 13.6 Å². The van der Waals surface area contributed by atoms with Gasteiger partial charge in [-0.25, -0.2) is 4.99 Å². The first kappa shape index (κ1) is 19.0. The van der Waals surface area contributed by atoms with Crippen LogP contribution in [0.3, 0.4) is 0 Å². The lowest BCUT2D eigenvalue weighted by atomic mass is 9.96. The average Bonchev–Trinajstić information content (AvgIpc) is 2.55. The molecule has 0 aliphatic carbocycles. The van der Waals surface area contributed by atoms with Crippen LogP contribution in [-0.2, 0) is 12.6 Å². The van der Waals surface area contributed by atoms with Gasteiger partial charge in [-0.1, -0.05) is 24.3 Å². The average molecular weight is 348 g/mol. The van der Waals surface area contributed by atoms with Gasteiger partial charge >= 0.3 is 6.18 Å². The summed E-state index contributed by atoms with van der Waals surface area (Å²) in [5.74, 6) is 0. The normalized spacial score (nSPS) is 12.0. The lowest BCUT2D eigenvalue weighted by Gasteiger charge is -2.13. The topological polar surface area (TPSA) is 15.6 Å². The molecule has 0 atom stereocenters. The zero-order chi connectivity index (χ0) is 18.6. The van der Waals surface area contributed by atoms with Gasteiger partial charge < -0.3 is 4.90 Å². The molecule has 2 nitrogen and oxygen atoms in total. The summed E-state index contributed by atoms with van der Waals surface area (Å²) in [7, 11) is 1.95. The van der Waals surface area contributed by atoms with Crippen LogP contribution >= 0.6 is 0 Å². The first-order chi connectivity index (χ1) is 11.7. The van der Waals surface area contributed by atoms with Gasteiger partial charge in [0.05, 0.1) is 17.6 Å². The summed E-state index contributed by atoms with van der Waals surface area (Å²) in [5, 5.41) is 0. The number of nitrogens with zero attached hydrogens (tertiary/aromatic N) is 2. The zero-order valence-electron chi connectivity index (χ0n) is 15.0. The molecule has 25 heavy (non-hydrogen) atoms. The molecular weight excluding hydrogens is 325 g/mol. The van der Waals surface area contributed by atoms with E-state index in [4.69, 9.17) is 0 Å². The van der Waals surface area contributed by atoms with E-state index in [9.17, 15) is 13.2 Å². The Labute approximate surface area is 147 Å². The highest BCUT2D eigenvalue weighted by Gasteiger charge is 2.30. The molecule has 0 spiro atoms. The Morgan fingerprint density at radius 3 is 2.44 bits per heavy atom. The van der Waals surface area contributed by atoms with E-state index in [1.165, 1.54) is 12.1 Å². The first-order valence-corrected chi connectivity index (χ1v) is 8.21. The fourth-order valence-corrected chi connectivity index (χ4v) is 2.51. The van der Waals surface area contributed by atoms with Crippen molar-refractivity contribution in [3.8, 4) is 0 Å². The van der Waals surface area contributed by atoms with Crippen LogP contribution in [0.4, 0.5) is 18.9 Å². The number of hydrogen-bond acceptors (Lipinski definition) is 1. The van der Waals surface area contributed by atoms with Crippen molar-refractivity contribution >= 4 is 12.0 Å². The van der Waals surface area contributed by atoms with Gasteiger partial charge in [0.2, 0.25) is 0 Å². The van der Waals surface area contributed by atoms with Gasteiger partial charge in [0.1, 0.15) is 0 Å². The number of rotatable bonds is 5. The van der Waals surface area contributed by atoms with E-state index in [1.54, 1.807) is 12.4 Å². The lowest BCUT2D eigenvalue weighted by molar-refractivity contribution is -0.137. The van der Waals surface area contributed by atoms with E-state index in [1.807, 2.05) is 44.9 Å². The maximum Gasteiger partial charge on any atom is 0.416 e. The molecule has 0 saturated heterocycles. The highest BCUT2D eigenvalue weighted by Crippen LogP contribution is 2.31. The Morgan fingerprint density at radius 2 is 1.80 bits per heavy atom. The van der Waals surface area contributed by atoms with Crippen LogP contribution in [0.25, 0.3) is 0 Å². The minimum atomic E-state index is -4.31. The lowest BCUT2D eigenvalue weighted by Crippen LogP contribution is -2.14. The summed E-state index contributed by atoms with van der Waals surface area (Å²) in [6.45, 7) is 6.84. The SMILES string of the molecule is CCN(C)C=Nc1cc(C)c(Cc2cccc(C(F)(F)F)c2)cc1C. The van der Waals surface area contributed by atoms with Gasteiger partial charge in [-0.15, -0.1) is 0 Å². The number of hydrogen-bond donors (Lipinski definition) is 0. The van der Waals surface area contributed by atoms with E-state index >= 15 is 0 Å². The van der Waals surface area contributed by atoms with Crippen LogP contribution in [0.5, 0.6) is 0 Å². The van der Waals surface area contributed by atoms with Crippen molar-refractivity contribution < 1.29 is 13.2 Å². The number of benzene rings is 2. The molecule has 2 aromatic carbocycles. The van der Waals surface area contributed by atoms with Gasteiger partial charge in [-0.3, -0.25) is 0 Å². The Balaban J connectivity index is 2.27. The quantitative estimate of drug-likeness (QED) is 0.513. The van der Waals surface area contributed by atoms with Crippen LogP contribution in [0.2, 0.25) is 0 Å². The van der Waals surface area contributed by atoms with Crippen LogP contribution in [0.1, 0.15) is 34.7 Å². The molecule has 0 saturated carbocycles. The number of halogens is 3. The molecule has 0 aliphatic heterocycles. The minimum Gasteiger partial charge on any atom is -0.366 e. The van der Waals surface area contributed by atoms with Crippen LogP contribution in [0, 0.1) is 13.8 Å². The summed E-state index contributed by atoms with van der Waals surface area (Å²) in [5.41, 5.74) is 3.97. The van der Waals surface area contributed by atoms with Crippen molar-refractivity contribution in [2.45, 2.75) is 33.4 Å². The van der Waals surface area contributed by atoms with E-state index in [-0.39, 0.29) is 0 Å². The Bertz CT molecular complexity index is 764. The molecule has 0 N–H and O–H groups in total. The summed E-state index contributed by atoms with van der Waals surface area (Å²) in [4.78, 5) is 6.46. The minimum absolute atomic E-state index is 0.468. The smallest absolute Gasteiger partial charge is 0.366 e. The van der Waals surface area contributed by atoms with Crippen LogP contribution in [-0.4, -0.2) is 24.8 Å². The third-order valence-electron chi connectivity index (χ3n) is 4.20. The zero-order valence-corrected chi connectivity index (χ0v) is 15.0. The van der Waals surface area contributed by atoms with Gasteiger partial charge in [0.25, 0.3) is 0 Å². The first-order valence-electron chi connectivity index (χ1n) is 8.21. The van der Waals surface area contributed by atoms with E-state index in [0.717, 1.165) is 35.0 Å².